The summed E-state index contributed by atoms with van der Waals surface area (Å²) < 4.78 is 0. The number of carbonyl (C=O) groups is 1. The second-order valence-electron chi connectivity index (χ2n) is 4.39. The van der Waals surface area contributed by atoms with Crippen LogP contribution in [0.15, 0.2) is 0 Å². The minimum Gasteiger partial charge on any atom is -0.388 e. The zero-order valence-electron chi connectivity index (χ0n) is 9.68. The molecule has 0 bridgehead atoms. The van der Waals surface area contributed by atoms with Crippen LogP contribution in [0.5, 0.6) is 0 Å². The summed E-state index contributed by atoms with van der Waals surface area (Å²) in [6.07, 6.45) is 4.69. The van der Waals surface area contributed by atoms with Crippen LogP contribution >= 0.6 is 0 Å². The molecule has 0 heterocycles. The number of rotatable bonds is 5. The number of hydrogen-bond acceptors (Lipinski definition) is 2. The molecule has 0 atom stereocenters. The maximum absolute atomic E-state index is 11.4. The predicted octanol–water partition coefficient (Wildman–Crippen LogP) is 1.39. The lowest BCUT2D eigenvalue weighted by Gasteiger charge is -2.29. The van der Waals surface area contributed by atoms with Crippen molar-refractivity contribution in [3.63, 3.8) is 0 Å². The Bertz CT molecular complexity index is 211. The van der Waals surface area contributed by atoms with Crippen LogP contribution < -0.4 is 10.6 Å². The van der Waals surface area contributed by atoms with Gasteiger partial charge in [-0.1, -0.05) is 13.8 Å². The lowest BCUT2D eigenvalue weighted by molar-refractivity contribution is 0.0347. The maximum Gasteiger partial charge on any atom is 0.315 e. The number of hydrogen-bond donors (Lipinski definition) is 3. The number of urea groups is 1. The maximum atomic E-state index is 11.4. The van der Waals surface area contributed by atoms with Gasteiger partial charge in [-0.25, -0.2) is 4.79 Å². The topological polar surface area (TPSA) is 61.4 Å². The van der Waals surface area contributed by atoms with Gasteiger partial charge in [0.15, 0.2) is 0 Å². The Labute approximate surface area is 91.4 Å². The predicted molar refractivity (Wildman–Crippen MR) is 59.7 cm³/mol. The molecule has 0 spiro atoms. The fourth-order valence-electron chi connectivity index (χ4n) is 1.53. The Kier molecular flexibility index (Phi) is 4.39. The van der Waals surface area contributed by atoms with Gasteiger partial charge >= 0.3 is 6.03 Å². The zero-order valence-corrected chi connectivity index (χ0v) is 9.68. The molecule has 0 radical (unpaired) electrons. The third-order valence-corrected chi connectivity index (χ3v) is 3.33. The Morgan fingerprint density at radius 2 is 2.00 bits per heavy atom. The summed E-state index contributed by atoms with van der Waals surface area (Å²) in [5.74, 6) is 0. The van der Waals surface area contributed by atoms with Gasteiger partial charge in [-0.15, -0.1) is 0 Å². The normalized spacial score (nSPS) is 17.0. The molecule has 0 aliphatic heterocycles. The van der Waals surface area contributed by atoms with Crippen molar-refractivity contribution in [2.75, 3.05) is 6.54 Å². The lowest BCUT2D eigenvalue weighted by atomic mass is 9.93. The first kappa shape index (κ1) is 12.3. The summed E-state index contributed by atoms with van der Waals surface area (Å²) in [7, 11) is 0. The summed E-state index contributed by atoms with van der Waals surface area (Å²) in [5, 5.41) is 15.5. The van der Waals surface area contributed by atoms with Crippen LogP contribution in [-0.4, -0.2) is 29.3 Å². The first-order valence-electron chi connectivity index (χ1n) is 5.86. The van der Waals surface area contributed by atoms with E-state index in [4.69, 9.17) is 0 Å². The summed E-state index contributed by atoms with van der Waals surface area (Å²) >= 11 is 0. The lowest BCUT2D eigenvalue weighted by Crippen LogP contribution is -2.49. The van der Waals surface area contributed by atoms with Crippen LogP contribution in [-0.2, 0) is 0 Å². The molecular formula is C11H22N2O2. The molecule has 1 saturated carbocycles. The molecule has 88 valence electrons. The van der Waals surface area contributed by atoms with Crippen molar-refractivity contribution in [2.45, 2.75) is 57.6 Å². The van der Waals surface area contributed by atoms with E-state index < -0.39 is 5.60 Å². The van der Waals surface area contributed by atoms with Crippen molar-refractivity contribution in [1.29, 1.82) is 0 Å². The molecule has 1 fully saturated rings. The smallest absolute Gasteiger partial charge is 0.315 e. The van der Waals surface area contributed by atoms with E-state index in [9.17, 15) is 9.90 Å². The van der Waals surface area contributed by atoms with E-state index in [-0.39, 0.29) is 6.03 Å². The van der Waals surface area contributed by atoms with Crippen molar-refractivity contribution >= 4 is 6.03 Å². The van der Waals surface area contributed by atoms with Gasteiger partial charge in [0.1, 0.15) is 0 Å². The minimum absolute atomic E-state index is 0.153. The van der Waals surface area contributed by atoms with E-state index in [0.29, 0.717) is 25.4 Å². The van der Waals surface area contributed by atoms with Crippen molar-refractivity contribution in [3.05, 3.63) is 0 Å². The summed E-state index contributed by atoms with van der Waals surface area (Å²) in [4.78, 5) is 11.4. The molecule has 1 aliphatic rings. The molecule has 3 N–H and O–H groups in total. The Morgan fingerprint density at radius 1 is 1.40 bits per heavy atom. The number of aliphatic hydroxyl groups is 1. The van der Waals surface area contributed by atoms with Gasteiger partial charge in [-0.05, 0) is 32.1 Å². The van der Waals surface area contributed by atoms with Gasteiger partial charge in [0, 0.05) is 12.6 Å². The Balaban J connectivity index is 2.19. The van der Waals surface area contributed by atoms with E-state index in [1.807, 2.05) is 13.8 Å². The van der Waals surface area contributed by atoms with Crippen LogP contribution in [0, 0.1) is 0 Å². The number of nitrogens with one attached hydrogen (secondary N) is 2. The summed E-state index contributed by atoms with van der Waals surface area (Å²) in [6.45, 7) is 4.18. The monoisotopic (exact) mass is 214 g/mol. The fraction of sp³-hybridized carbons (Fsp3) is 0.909. The van der Waals surface area contributed by atoms with Gasteiger partial charge in [0.25, 0.3) is 0 Å². The van der Waals surface area contributed by atoms with E-state index in [2.05, 4.69) is 10.6 Å². The summed E-state index contributed by atoms with van der Waals surface area (Å²) in [5.41, 5.74) is -0.753. The Morgan fingerprint density at radius 3 is 2.40 bits per heavy atom. The quantitative estimate of drug-likeness (QED) is 0.647. The van der Waals surface area contributed by atoms with Crippen molar-refractivity contribution in [2.24, 2.45) is 0 Å². The van der Waals surface area contributed by atoms with E-state index in [1.165, 1.54) is 6.42 Å². The van der Waals surface area contributed by atoms with Gasteiger partial charge in [0.2, 0.25) is 0 Å². The highest BCUT2D eigenvalue weighted by molar-refractivity contribution is 5.74. The third-order valence-electron chi connectivity index (χ3n) is 3.33. The molecular weight excluding hydrogens is 192 g/mol. The zero-order chi connectivity index (χ0) is 11.3. The standard InChI is InChI=1S/C11H22N2O2/c1-3-11(15,4-2)8-12-10(14)13-9-6-5-7-9/h9,15H,3-8H2,1-2H3,(H2,12,13,14). The van der Waals surface area contributed by atoms with Gasteiger partial charge < -0.3 is 15.7 Å². The van der Waals surface area contributed by atoms with Crippen LogP contribution in [0.4, 0.5) is 4.79 Å². The van der Waals surface area contributed by atoms with E-state index in [0.717, 1.165) is 12.8 Å². The molecule has 0 aromatic heterocycles. The minimum atomic E-state index is -0.753. The Hall–Kier alpha value is -0.770. The first-order chi connectivity index (χ1) is 7.09. The molecule has 4 heteroatoms. The van der Waals surface area contributed by atoms with Gasteiger partial charge in [-0.2, -0.15) is 0 Å². The highest BCUT2D eigenvalue weighted by atomic mass is 16.3. The fourth-order valence-corrected chi connectivity index (χ4v) is 1.53. The van der Waals surface area contributed by atoms with Crippen LogP contribution in [0.2, 0.25) is 0 Å². The van der Waals surface area contributed by atoms with E-state index in [1.54, 1.807) is 0 Å². The molecule has 0 aromatic rings. The molecule has 1 rings (SSSR count). The third kappa shape index (κ3) is 3.70. The molecule has 1 aliphatic carbocycles. The number of carbonyl (C=O) groups excluding carboxylic acids is 1. The van der Waals surface area contributed by atoms with Crippen LogP contribution in [0.3, 0.4) is 0 Å². The summed E-state index contributed by atoms with van der Waals surface area (Å²) in [6, 6.07) is 0.196. The van der Waals surface area contributed by atoms with Crippen LogP contribution in [0.25, 0.3) is 0 Å². The molecule has 0 saturated heterocycles. The second-order valence-corrected chi connectivity index (χ2v) is 4.39. The largest absolute Gasteiger partial charge is 0.388 e. The first-order valence-corrected chi connectivity index (χ1v) is 5.86. The molecule has 0 aromatic carbocycles. The van der Waals surface area contributed by atoms with Gasteiger partial charge in [0.05, 0.1) is 5.60 Å². The van der Waals surface area contributed by atoms with Crippen molar-refractivity contribution < 1.29 is 9.90 Å². The average Bonchev–Trinajstić information content (AvgIpc) is 2.20. The number of amides is 2. The van der Waals surface area contributed by atoms with Gasteiger partial charge in [-0.3, -0.25) is 0 Å². The SMILES string of the molecule is CCC(O)(CC)CNC(=O)NC1CCC1. The van der Waals surface area contributed by atoms with Crippen molar-refractivity contribution in [3.8, 4) is 0 Å². The molecule has 4 nitrogen and oxygen atoms in total. The molecule has 15 heavy (non-hydrogen) atoms. The van der Waals surface area contributed by atoms with Crippen LogP contribution in [0.1, 0.15) is 46.0 Å². The second kappa shape index (κ2) is 5.35. The van der Waals surface area contributed by atoms with Crippen molar-refractivity contribution in [1.82, 2.24) is 10.6 Å². The average molecular weight is 214 g/mol. The highest BCUT2D eigenvalue weighted by Crippen LogP contribution is 2.18. The highest BCUT2D eigenvalue weighted by Gasteiger charge is 2.24. The molecule has 2 amide bonds. The molecule has 0 unspecified atom stereocenters. The van der Waals surface area contributed by atoms with E-state index >= 15 is 0 Å².